The summed E-state index contributed by atoms with van der Waals surface area (Å²) in [5, 5.41) is 4.08. The van der Waals surface area contributed by atoms with E-state index in [-0.39, 0.29) is 11.8 Å². The van der Waals surface area contributed by atoms with Crippen molar-refractivity contribution in [2.24, 2.45) is 0 Å². The summed E-state index contributed by atoms with van der Waals surface area (Å²) in [5.74, 6) is 1.72. The third-order valence-corrected chi connectivity index (χ3v) is 4.81. The van der Waals surface area contributed by atoms with Gasteiger partial charge >= 0.3 is 0 Å². The van der Waals surface area contributed by atoms with Crippen molar-refractivity contribution in [3.63, 3.8) is 0 Å². The van der Waals surface area contributed by atoms with E-state index in [1.165, 1.54) is 0 Å². The van der Waals surface area contributed by atoms with Crippen LogP contribution in [0.1, 0.15) is 44.4 Å². The third kappa shape index (κ3) is 2.19. The zero-order valence-corrected chi connectivity index (χ0v) is 12.5. The van der Waals surface area contributed by atoms with Crippen LogP contribution in [0, 0.1) is 0 Å². The maximum atomic E-state index is 11.8. The predicted molar refractivity (Wildman–Crippen MR) is 78.8 cm³/mol. The summed E-state index contributed by atoms with van der Waals surface area (Å²) in [5.41, 5.74) is 0.863. The van der Waals surface area contributed by atoms with E-state index in [0.29, 0.717) is 23.8 Å². The maximum absolute atomic E-state index is 11.8. The van der Waals surface area contributed by atoms with Crippen LogP contribution in [0.2, 0.25) is 0 Å². The fraction of sp³-hybridized carbons (Fsp3) is 0.500. The minimum absolute atomic E-state index is 0.188. The molecule has 6 nitrogen and oxygen atoms in total. The summed E-state index contributed by atoms with van der Waals surface area (Å²) in [6.07, 6.45) is 7.47. The van der Waals surface area contributed by atoms with Crippen LogP contribution in [0.25, 0.3) is 11.4 Å². The molecule has 1 amide bonds. The molecule has 22 heavy (non-hydrogen) atoms. The first kappa shape index (κ1) is 13.4. The van der Waals surface area contributed by atoms with Gasteiger partial charge in [-0.1, -0.05) is 5.16 Å². The van der Waals surface area contributed by atoms with Gasteiger partial charge in [-0.3, -0.25) is 9.78 Å². The third-order valence-electron chi connectivity index (χ3n) is 4.81. The molecule has 2 bridgehead atoms. The van der Waals surface area contributed by atoms with E-state index < -0.39 is 0 Å². The Hall–Kier alpha value is -2.24. The minimum atomic E-state index is 0.188. The lowest BCUT2D eigenvalue weighted by Crippen LogP contribution is -2.44. The number of piperidine rings is 1. The number of rotatable bonds is 2. The van der Waals surface area contributed by atoms with Crippen molar-refractivity contribution in [3.05, 3.63) is 30.4 Å². The van der Waals surface area contributed by atoms with Crippen LogP contribution in [-0.2, 0) is 4.79 Å². The van der Waals surface area contributed by atoms with E-state index in [1.54, 1.807) is 19.3 Å². The van der Waals surface area contributed by atoms with Crippen molar-refractivity contribution in [2.45, 2.75) is 50.6 Å². The van der Waals surface area contributed by atoms with Gasteiger partial charge in [-0.15, -0.1) is 0 Å². The molecule has 3 atom stereocenters. The van der Waals surface area contributed by atoms with Gasteiger partial charge in [0.25, 0.3) is 0 Å². The molecule has 0 N–H and O–H groups in total. The highest BCUT2D eigenvalue weighted by Crippen LogP contribution is 2.42. The number of carbonyl (C=O) groups is 1. The van der Waals surface area contributed by atoms with Crippen molar-refractivity contribution in [1.82, 2.24) is 20.0 Å². The van der Waals surface area contributed by atoms with Gasteiger partial charge in [0, 0.05) is 42.9 Å². The minimum Gasteiger partial charge on any atom is -0.339 e. The number of fused-ring (bicyclic) bond motifs is 2. The summed E-state index contributed by atoms with van der Waals surface area (Å²) in [6.45, 7) is 1.67. The van der Waals surface area contributed by atoms with Crippen LogP contribution in [0.4, 0.5) is 0 Å². The summed E-state index contributed by atoms with van der Waals surface area (Å²) < 4.78 is 5.49. The summed E-state index contributed by atoms with van der Waals surface area (Å²) in [4.78, 5) is 22.4. The standard InChI is InChI=1S/C16H18N4O2/c1-10(21)20-13-4-5-14(20)8-12(7-13)16-18-15(19-22-16)11-3-2-6-17-9-11/h2-3,6,9,12-14H,4-5,7-8H2,1H3/t12?,13-,14+. The molecule has 0 radical (unpaired) electrons. The average Bonchev–Trinajstić information content (AvgIpc) is 3.12. The van der Waals surface area contributed by atoms with E-state index >= 15 is 0 Å². The SMILES string of the molecule is CC(=O)N1[C@@H]2CC[C@H]1CC(c1nc(-c3cccnc3)no1)C2. The second kappa shape index (κ2) is 5.19. The Labute approximate surface area is 128 Å². The second-order valence-corrected chi connectivity index (χ2v) is 6.18. The van der Waals surface area contributed by atoms with Crippen molar-refractivity contribution in [1.29, 1.82) is 0 Å². The van der Waals surface area contributed by atoms with Crippen LogP contribution >= 0.6 is 0 Å². The zero-order valence-electron chi connectivity index (χ0n) is 12.5. The number of nitrogens with zero attached hydrogens (tertiary/aromatic N) is 4. The van der Waals surface area contributed by atoms with Gasteiger partial charge in [0.05, 0.1) is 0 Å². The van der Waals surface area contributed by atoms with Gasteiger partial charge < -0.3 is 9.42 Å². The molecule has 0 aromatic carbocycles. The van der Waals surface area contributed by atoms with Gasteiger partial charge in [-0.25, -0.2) is 0 Å². The lowest BCUT2D eigenvalue weighted by atomic mass is 9.90. The summed E-state index contributed by atoms with van der Waals surface area (Å²) in [7, 11) is 0. The number of hydrogen-bond donors (Lipinski definition) is 0. The molecule has 0 spiro atoms. The lowest BCUT2D eigenvalue weighted by molar-refractivity contribution is -0.133. The van der Waals surface area contributed by atoms with Crippen molar-refractivity contribution < 1.29 is 9.32 Å². The topological polar surface area (TPSA) is 72.1 Å². The van der Waals surface area contributed by atoms with Gasteiger partial charge in [0.15, 0.2) is 0 Å². The Morgan fingerprint density at radius 2 is 2.09 bits per heavy atom. The van der Waals surface area contributed by atoms with E-state index in [2.05, 4.69) is 20.0 Å². The fourth-order valence-corrected chi connectivity index (χ4v) is 3.91. The lowest BCUT2D eigenvalue weighted by Gasteiger charge is -2.37. The Balaban J connectivity index is 1.55. The molecule has 4 rings (SSSR count). The summed E-state index contributed by atoms with van der Waals surface area (Å²) >= 11 is 0. The molecule has 6 heteroatoms. The first-order chi connectivity index (χ1) is 10.7. The van der Waals surface area contributed by atoms with Crippen molar-refractivity contribution in [2.75, 3.05) is 0 Å². The Morgan fingerprint density at radius 3 is 2.73 bits per heavy atom. The van der Waals surface area contributed by atoms with E-state index in [9.17, 15) is 4.79 Å². The Bertz CT molecular complexity index is 670. The van der Waals surface area contributed by atoms with Crippen molar-refractivity contribution in [3.8, 4) is 11.4 Å². The van der Waals surface area contributed by atoms with Gasteiger partial charge in [0.1, 0.15) is 0 Å². The van der Waals surface area contributed by atoms with Crippen LogP contribution < -0.4 is 0 Å². The average molecular weight is 298 g/mol. The number of hydrogen-bond acceptors (Lipinski definition) is 5. The molecular weight excluding hydrogens is 280 g/mol. The van der Waals surface area contributed by atoms with Gasteiger partial charge in [-0.05, 0) is 37.8 Å². The van der Waals surface area contributed by atoms with E-state index in [1.807, 2.05) is 12.1 Å². The molecule has 1 unspecified atom stereocenters. The monoisotopic (exact) mass is 298 g/mol. The molecule has 2 aliphatic heterocycles. The number of aromatic nitrogens is 3. The normalized spacial score (nSPS) is 27.1. The molecule has 2 fully saturated rings. The highest BCUT2D eigenvalue weighted by Gasteiger charge is 2.43. The number of amides is 1. The largest absolute Gasteiger partial charge is 0.339 e. The molecule has 2 aliphatic rings. The van der Waals surface area contributed by atoms with Gasteiger partial charge in [0.2, 0.25) is 17.6 Å². The maximum Gasteiger partial charge on any atom is 0.230 e. The number of pyridine rings is 1. The molecule has 2 aromatic heterocycles. The van der Waals surface area contributed by atoms with Crippen LogP contribution in [0.15, 0.2) is 29.0 Å². The molecular formula is C16H18N4O2. The predicted octanol–water partition coefficient (Wildman–Crippen LogP) is 2.39. The first-order valence-electron chi connectivity index (χ1n) is 7.75. The molecule has 114 valence electrons. The molecule has 2 saturated heterocycles. The first-order valence-corrected chi connectivity index (χ1v) is 7.75. The van der Waals surface area contributed by atoms with E-state index in [0.717, 1.165) is 31.2 Å². The van der Waals surface area contributed by atoms with Gasteiger partial charge in [-0.2, -0.15) is 4.98 Å². The fourth-order valence-electron chi connectivity index (χ4n) is 3.91. The van der Waals surface area contributed by atoms with Crippen molar-refractivity contribution >= 4 is 5.91 Å². The van der Waals surface area contributed by atoms with Crippen LogP contribution in [0.3, 0.4) is 0 Å². The quantitative estimate of drug-likeness (QED) is 0.851. The highest BCUT2D eigenvalue weighted by atomic mass is 16.5. The Morgan fingerprint density at radius 1 is 1.32 bits per heavy atom. The van der Waals surface area contributed by atoms with E-state index in [4.69, 9.17) is 4.52 Å². The van der Waals surface area contributed by atoms with Crippen LogP contribution in [-0.4, -0.2) is 38.0 Å². The Kier molecular flexibility index (Phi) is 3.17. The highest BCUT2D eigenvalue weighted by molar-refractivity contribution is 5.74. The second-order valence-electron chi connectivity index (χ2n) is 6.18. The van der Waals surface area contributed by atoms with Crippen LogP contribution in [0.5, 0.6) is 0 Å². The molecule has 0 saturated carbocycles. The molecule has 4 heterocycles. The zero-order chi connectivity index (χ0) is 15.1. The number of carbonyl (C=O) groups excluding carboxylic acids is 1. The summed E-state index contributed by atoms with van der Waals surface area (Å²) in [6, 6.07) is 4.44. The molecule has 2 aromatic rings. The molecule has 0 aliphatic carbocycles. The smallest absolute Gasteiger partial charge is 0.230 e.